The number of benzene rings is 1. The van der Waals surface area contributed by atoms with Crippen LogP contribution in [0, 0.1) is 5.92 Å². The quantitative estimate of drug-likeness (QED) is 0.919. The van der Waals surface area contributed by atoms with Crippen LogP contribution in [0.1, 0.15) is 23.2 Å². The summed E-state index contributed by atoms with van der Waals surface area (Å²) in [6.07, 6.45) is 3.22. The highest BCUT2D eigenvalue weighted by atomic mass is 16.4. The molecule has 2 heterocycles. The summed E-state index contributed by atoms with van der Waals surface area (Å²) in [6, 6.07) is 7.76. The van der Waals surface area contributed by atoms with Gasteiger partial charge in [-0.15, -0.1) is 0 Å². The number of aromatic nitrogens is 1. The second-order valence-electron chi connectivity index (χ2n) is 5.60. The number of piperidine rings is 1. The highest BCUT2D eigenvalue weighted by Gasteiger charge is 2.29. The van der Waals surface area contributed by atoms with Crippen molar-refractivity contribution in [3.05, 3.63) is 36.0 Å². The van der Waals surface area contributed by atoms with Crippen molar-refractivity contribution in [2.45, 2.75) is 12.8 Å². The third-order valence-corrected chi connectivity index (χ3v) is 4.19. The van der Waals surface area contributed by atoms with E-state index in [2.05, 4.69) is 0 Å². The molecular weight excluding hydrogens is 268 g/mol. The maximum atomic E-state index is 12.7. The lowest BCUT2D eigenvalue weighted by Gasteiger charge is -2.30. The van der Waals surface area contributed by atoms with Crippen molar-refractivity contribution in [2.75, 3.05) is 13.1 Å². The van der Waals surface area contributed by atoms with E-state index in [1.54, 1.807) is 4.90 Å². The highest BCUT2D eigenvalue weighted by Crippen LogP contribution is 2.24. The van der Waals surface area contributed by atoms with Gasteiger partial charge in [-0.3, -0.25) is 9.59 Å². The number of amides is 1. The number of hydrogen-bond acceptors (Lipinski definition) is 2. The van der Waals surface area contributed by atoms with E-state index in [0.717, 1.165) is 17.3 Å². The Hall–Kier alpha value is -2.30. The third-order valence-electron chi connectivity index (χ3n) is 4.19. The average Bonchev–Trinajstić information content (AvgIpc) is 2.84. The molecule has 5 heteroatoms. The zero-order valence-electron chi connectivity index (χ0n) is 12.0. The Morgan fingerprint density at radius 3 is 2.81 bits per heavy atom. The van der Waals surface area contributed by atoms with Crippen LogP contribution < -0.4 is 0 Å². The van der Waals surface area contributed by atoms with Crippen molar-refractivity contribution in [1.29, 1.82) is 0 Å². The minimum absolute atomic E-state index is 0.0715. The van der Waals surface area contributed by atoms with Crippen LogP contribution in [0.4, 0.5) is 0 Å². The van der Waals surface area contributed by atoms with Gasteiger partial charge in [-0.25, -0.2) is 0 Å². The number of carbonyl (C=O) groups is 2. The fourth-order valence-electron chi connectivity index (χ4n) is 3.05. The molecule has 1 atom stereocenters. The summed E-state index contributed by atoms with van der Waals surface area (Å²) >= 11 is 0. The molecule has 0 saturated carbocycles. The fraction of sp³-hybridized carbons (Fsp3) is 0.375. The van der Waals surface area contributed by atoms with Gasteiger partial charge in [0, 0.05) is 37.2 Å². The van der Waals surface area contributed by atoms with Gasteiger partial charge in [0.2, 0.25) is 0 Å². The molecule has 0 aliphatic carbocycles. The molecule has 0 radical (unpaired) electrons. The number of aryl methyl sites for hydroxylation is 1. The van der Waals surface area contributed by atoms with E-state index in [-0.39, 0.29) is 5.91 Å². The zero-order valence-corrected chi connectivity index (χ0v) is 12.0. The Morgan fingerprint density at radius 2 is 2.05 bits per heavy atom. The Balaban J connectivity index is 1.92. The molecule has 21 heavy (non-hydrogen) atoms. The normalized spacial score (nSPS) is 18.9. The lowest BCUT2D eigenvalue weighted by molar-refractivity contribution is -0.143. The van der Waals surface area contributed by atoms with Gasteiger partial charge in [-0.05, 0) is 18.9 Å². The Labute approximate surface area is 122 Å². The minimum atomic E-state index is -0.814. The van der Waals surface area contributed by atoms with E-state index in [1.165, 1.54) is 0 Å². The van der Waals surface area contributed by atoms with Gasteiger partial charge in [0.25, 0.3) is 5.91 Å². The van der Waals surface area contributed by atoms with Crippen LogP contribution in [0.25, 0.3) is 10.9 Å². The van der Waals surface area contributed by atoms with E-state index in [4.69, 9.17) is 5.11 Å². The molecule has 5 nitrogen and oxygen atoms in total. The molecule has 1 amide bonds. The molecule has 1 saturated heterocycles. The van der Waals surface area contributed by atoms with Crippen LogP contribution in [0.3, 0.4) is 0 Å². The van der Waals surface area contributed by atoms with Crippen LogP contribution in [0.15, 0.2) is 30.5 Å². The van der Waals surface area contributed by atoms with Crippen molar-refractivity contribution in [3.63, 3.8) is 0 Å². The van der Waals surface area contributed by atoms with Crippen LogP contribution >= 0.6 is 0 Å². The van der Waals surface area contributed by atoms with Crippen molar-refractivity contribution < 1.29 is 14.7 Å². The van der Waals surface area contributed by atoms with Crippen molar-refractivity contribution >= 4 is 22.8 Å². The predicted molar refractivity (Wildman–Crippen MR) is 79.2 cm³/mol. The summed E-state index contributed by atoms with van der Waals surface area (Å²) in [5.41, 5.74) is 1.66. The van der Waals surface area contributed by atoms with Gasteiger partial charge >= 0.3 is 5.97 Å². The smallest absolute Gasteiger partial charge is 0.308 e. The molecule has 0 spiro atoms. The topological polar surface area (TPSA) is 62.5 Å². The fourth-order valence-corrected chi connectivity index (χ4v) is 3.05. The first-order chi connectivity index (χ1) is 10.1. The number of likely N-dealkylation sites (tertiary alicyclic amines) is 1. The van der Waals surface area contributed by atoms with Crippen LogP contribution in [0.2, 0.25) is 0 Å². The molecule has 1 aliphatic rings. The number of rotatable bonds is 2. The molecule has 1 aromatic heterocycles. The van der Waals surface area contributed by atoms with E-state index in [0.29, 0.717) is 25.1 Å². The molecule has 1 fully saturated rings. The van der Waals surface area contributed by atoms with Gasteiger partial charge < -0.3 is 14.6 Å². The first-order valence-corrected chi connectivity index (χ1v) is 7.14. The van der Waals surface area contributed by atoms with E-state index >= 15 is 0 Å². The molecule has 1 aromatic carbocycles. The van der Waals surface area contributed by atoms with Gasteiger partial charge in [0.05, 0.1) is 11.5 Å². The lowest BCUT2D eigenvalue weighted by atomic mass is 9.97. The highest BCUT2D eigenvalue weighted by molar-refractivity contribution is 6.07. The molecule has 0 bridgehead atoms. The largest absolute Gasteiger partial charge is 0.481 e. The van der Waals surface area contributed by atoms with Crippen LogP contribution in [-0.2, 0) is 11.8 Å². The molecule has 1 aliphatic heterocycles. The minimum Gasteiger partial charge on any atom is -0.481 e. The predicted octanol–water partition coefficient (Wildman–Crippen LogP) is 2.12. The van der Waals surface area contributed by atoms with Crippen LogP contribution in [0.5, 0.6) is 0 Å². The molecule has 3 rings (SSSR count). The Kier molecular flexibility index (Phi) is 3.41. The lowest BCUT2D eigenvalue weighted by Crippen LogP contribution is -2.42. The first-order valence-electron chi connectivity index (χ1n) is 7.14. The maximum absolute atomic E-state index is 12.7. The molecule has 1 N–H and O–H groups in total. The monoisotopic (exact) mass is 286 g/mol. The van der Waals surface area contributed by atoms with Gasteiger partial charge in [-0.2, -0.15) is 0 Å². The van der Waals surface area contributed by atoms with E-state index < -0.39 is 11.9 Å². The molecular formula is C16H18N2O3. The van der Waals surface area contributed by atoms with Gasteiger partial charge in [0.1, 0.15) is 0 Å². The van der Waals surface area contributed by atoms with Gasteiger partial charge in [-0.1, -0.05) is 18.2 Å². The van der Waals surface area contributed by atoms with Crippen molar-refractivity contribution in [2.24, 2.45) is 13.0 Å². The van der Waals surface area contributed by atoms with Crippen molar-refractivity contribution in [1.82, 2.24) is 9.47 Å². The van der Waals surface area contributed by atoms with E-state index in [1.807, 2.05) is 42.1 Å². The first kappa shape index (κ1) is 13.7. The van der Waals surface area contributed by atoms with E-state index in [9.17, 15) is 9.59 Å². The summed E-state index contributed by atoms with van der Waals surface area (Å²) in [5, 5.41) is 10.1. The number of aliphatic carboxylic acids is 1. The number of nitrogens with zero attached hydrogens (tertiary/aromatic N) is 2. The summed E-state index contributed by atoms with van der Waals surface area (Å²) in [4.78, 5) is 25.5. The molecule has 1 unspecified atom stereocenters. The zero-order chi connectivity index (χ0) is 15.0. The molecule has 110 valence electrons. The summed E-state index contributed by atoms with van der Waals surface area (Å²) in [5.74, 6) is -1.33. The SMILES string of the molecule is Cn1cc(C(=O)N2CCCC(C(=O)O)C2)c2ccccc21. The summed E-state index contributed by atoms with van der Waals surface area (Å²) in [7, 11) is 1.91. The number of carboxylic acids is 1. The Bertz CT molecular complexity index is 705. The van der Waals surface area contributed by atoms with Gasteiger partial charge in [0.15, 0.2) is 0 Å². The second-order valence-corrected chi connectivity index (χ2v) is 5.60. The number of carbonyl (C=O) groups excluding carboxylic acids is 1. The number of carboxylic acid groups (broad SMARTS) is 1. The summed E-state index contributed by atoms with van der Waals surface area (Å²) < 4.78 is 1.93. The second kappa shape index (κ2) is 5.24. The third kappa shape index (κ3) is 2.39. The average molecular weight is 286 g/mol. The summed E-state index contributed by atoms with van der Waals surface area (Å²) in [6.45, 7) is 0.934. The Morgan fingerprint density at radius 1 is 1.29 bits per heavy atom. The number of fused-ring (bicyclic) bond motifs is 1. The van der Waals surface area contributed by atoms with Crippen molar-refractivity contribution in [3.8, 4) is 0 Å². The number of hydrogen-bond donors (Lipinski definition) is 1. The molecule has 2 aromatic rings. The standard InChI is InChI=1S/C16H18N2O3/c1-17-10-13(12-6-2-3-7-14(12)17)15(19)18-8-4-5-11(9-18)16(20)21/h2-3,6-7,10-11H,4-5,8-9H2,1H3,(H,20,21). The van der Waals surface area contributed by atoms with Crippen LogP contribution in [-0.4, -0.2) is 39.5 Å². The number of para-hydroxylation sites is 1. The maximum Gasteiger partial charge on any atom is 0.308 e.